The predicted octanol–water partition coefficient (Wildman–Crippen LogP) is 3.91. The number of amides is 2. The fraction of sp³-hybridized carbons (Fsp3) is 0.304. The summed E-state index contributed by atoms with van der Waals surface area (Å²) < 4.78 is 0. The van der Waals surface area contributed by atoms with Gasteiger partial charge in [-0.2, -0.15) is 0 Å². The van der Waals surface area contributed by atoms with Crippen LogP contribution in [-0.2, 0) is 9.59 Å². The van der Waals surface area contributed by atoms with Crippen LogP contribution < -0.4 is 5.32 Å². The van der Waals surface area contributed by atoms with E-state index in [2.05, 4.69) is 39.8 Å². The number of hydrogen-bond acceptors (Lipinski definition) is 5. The van der Waals surface area contributed by atoms with Crippen LogP contribution in [0.1, 0.15) is 42.3 Å². The van der Waals surface area contributed by atoms with Crippen LogP contribution in [0.15, 0.2) is 60.7 Å². The van der Waals surface area contributed by atoms with Crippen LogP contribution in [-0.4, -0.2) is 39.5 Å². The van der Waals surface area contributed by atoms with Gasteiger partial charge in [-0.15, -0.1) is 10.2 Å². The zero-order valence-corrected chi connectivity index (χ0v) is 17.8. The number of hydrogen-bond donors (Lipinski definition) is 1. The van der Waals surface area contributed by atoms with Crippen molar-refractivity contribution in [1.29, 1.82) is 0 Å². The van der Waals surface area contributed by atoms with E-state index >= 15 is 0 Å². The Bertz CT molecular complexity index is 980. The minimum absolute atomic E-state index is 0.0244. The van der Waals surface area contributed by atoms with Crippen molar-refractivity contribution in [2.75, 3.05) is 11.9 Å². The highest BCUT2D eigenvalue weighted by molar-refractivity contribution is 7.15. The zero-order chi connectivity index (χ0) is 21.1. The Morgan fingerprint density at radius 2 is 1.63 bits per heavy atom. The van der Waals surface area contributed by atoms with E-state index in [1.165, 1.54) is 11.3 Å². The zero-order valence-electron chi connectivity index (χ0n) is 17.0. The highest BCUT2D eigenvalue weighted by Gasteiger charge is 2.36. The summed E-state index contributed by atoms with van der Waals surface area (Å²) in [7, 11) is 0. The van der Waals surface area contributed by atoms with Crippen molar-refractivity contribution < 1.29 is 9.59 Å². The van der Waals surface area contributed by atoms with Crippen molar-refractivity contribution >= 4 is 28.3 Å². The number of rotatable bonds is 6. The van der Waals surface area contributed by atoms with Crippen molar-refractivity contribution in [3.05, 3.63) is 76.8 Å². The molecule has 0 unspecified atom stereocenters. The van der Waals surface area contributed by atoms with E-state index in [9.17, 15) is 9.59 Å². The lowest BCUT2D eigenvalue weighted by Crippen LogP contribution is -2.33. The van der Waals surface area contributed by atoms with Crippen LogP contribution in [0.2, 0.25) is 0 Å². The van der Waals surface area contributed by atoms with Gasteiger partial charge in [-0.1, -0.05) is 72.0 Å². The summed E-state index contributed by atoms with van der Waals surface area (Å²) in [5.41, 5.74) is 2.23. The molecule has 1 fully saturated rings. The molecule has 7 heteroatoms. The summed E-state index contributed by atoms with van der Waals surface area (Å²) in [5.74, 6) is -0.562. The Balaban J connectivity index is 1.54. The minimum Gasteiger partial charge on any atom is -0.339 e. The highest BCUT2D eigenvalue weighted by Crippen LogP contribution is 2.35. The second-order valence-electron chi connectivity index (χ2n) is 7.73. The Kier molecular flexibility index (Phi) is 5.90. The molecule has 1 aromatic heterocycles. The largest absolute Gasteiger partial charge is 0.339 e. The van der Waals surface area contributed by atoms with E-state index < -0.39 is 0 Å². The summed E-state index contributed by atoms with van der Waals surface area (Å²) in [5, 5.41) is 12.7. The van der Waals surface area contributed by atoms with Crippen LogP contribution in [0.4, 0.5) is 5.13 Å². The number of aromatic nitrogens is 2. The second kappa shape index (κ2) is 8.75. The highest BCUT2D eigenvalue weighted by atomic mass is 32.1. The van der Waals surface area contributed by atoms with E-state index in [0.717, 1.165) is 16.1 Å². The molecule has 1 aliphatic rings. The first-order valence-electron chi connectivity index (χ1n) is 10.1. The summed E-state index contributed by atoms with van der Waals surface area (Å²) >= 11 is 1.37. The maximum Gasteiger partial charge on any atom is 0.231 e. The molecule has 0 bridgehead atoms. The number of likely N-dealkylation sites (tertiary alicyclic amines) is 1. The van der Waals surface area contributed by atoms with Crippen LogP contribution in [0.25, 0.3) is 0 Å². The molecule has 1 atom stereocenters. The smallest absolute Gasteiger partial charge is 0.231 e. The van der Waals surface area contributed by atoms with Crippen LogP contribution in [0.5, 0.6) is 0 Å². The third kappa shape index (κ3) is 4.26. The number of anilines is 1. The molecule has 1 N–H and O–H groups in total. The molecule has 1 aliphatic heterocycles. The Hall–Kier alpha value is -3.06. The maximum atomic E-state index is 12.7. The van der Waals surface area contributed by atoms with Gasteiger partial charge in [0.1, 0.15) is 5.01 Å². The fourth-order valence-electron chi connectivity index (χ4n) is 3.78. The predicted molar refractivity (Wildman–Crippen MR) is 117 cm³/mol. The SMILES string of the molecule is CC(C)N1C[C@@H](C(=O)Nc2nnc(C(c3ccccc3)c3ccccc3)s2)CC1=O. The van der Waals surface area contributed by atoms with Gasteiger partial charge in [-0.05, 0) is 25.0 Å². The third-order valence-electron chi connectivity index (χ3n) is 5.34. The Morgan fingerprint density at radius 3 is 2.17 bits per heavy atom. The molecule has 154 valence electrons. The molecule has 0 saturated carbocycles. The normalized spacial score (nSPS) is 16.5. The van der Waals surface area contributed by atoms with Crippen LogP contribution in [0, 0.1) is 5.92 Å². The monoisotopic (exact) mass is 420 g/mol. The molecule has 0 aliphatic carbocycles. The van der Waals surface area contributed by atoms with Gasteiger partial charge in [0.2, 0.25) is 16.9 Å². The van der Waals surface area contributed by atoms with Gasteiger partial charge in [-0.3, -0.25) is 9.59 Å². The molecule has 30 heavy (non-hydrogen) atoms. The lowest BCUT2D eigenvalue weighted by molar-refractivity contribution is -0.129. The summed E-state index contributed by atoms with van der Waals surface area (Å²) in [6.07, 6.45) is 0.242. The summed E-state index contributed by atoms with van der Waals surface area (Å²) in [6, 6.07) is 20.4. The van der Waals surface area contributed by atoms with E-state index in [-0.39, 0.29) is 36.1 Å². The Labute approximate surface area is 180 Å². The number of benzene rings is 2. The number of nitrogens with zero attached hydrogens (tertiary/aromatic N) is 3. The first kappa shape index (κ1) is 20.2. The molecule has 2 heterocycles. The molecule has 0 radical (unpaired) electrons. The average molecular weight is 421 g/mol. The van der Waals surface area contributed by atoms with E-state index in [1.807, 2.05) is 50.2 Å². The summed E-state index contributed by atoms with van der Waals surface area (Å²) in [4.78, 5) is 26.6. The fourth-order valence-corrected chi connectivity index (χ4v) is 4.69. The van der Waals surface area contributed by atoms with Crippen molar-refractivity contribution in [2.24, 2.45) is 5.92 Å². The first-order valence-corrected chi connectivity index (χ1v) is 10.9. The molecule has 2 aromatic carbocycles. The molecule has 3 aromatic rings. The molecular formula is C23H24N4O2S. The van der Waals surface area contributed by atoms with Gasteiger partial charge in [0.15, 0.2) is 0 Å². The molecular weight excluding hydrogens is 396 g/mol. The lowest BCUT2D eigenvalue weighted by atomic mass is 9.92. The van der Waals surface area contributed by atoms with Gasteiger partial charge in [0.05, 0.1) is 11.8 Å². The third-order valence-corrected chi connectivity index (χ3v) is 6.24. The van der Waals surface area contributed by atoms with E-state index in [4.69, 9.17) is 0 Å². The maximum absolute atomic E-state index is 12.7. The Morgan fingerprint density at radius 1 is 1.03 bits per heavy atom. The van der Waals surface area contributed by atoms with E-state index in [0.29, 0.717) is 11.7 Å². The van der Waals surface area contributed by atoms with Crippen molar-refractivity contribution in [3.63, 3.8) is 0 Å². The van der Waals surface area contributed by atoms with Crippen molar-refractivity contribution in [2.45, 2.75) is 32.2 Å². The molecule has 2 amide bonds. The van der Waals surface area contributed by atoms with E-state index in [1.54, 1.807) is 4.90 Å². The van der Waals surface area contributed by atoms with Gasteiger partial charge >= 0.3 is 0 Å². The molecule has 6 nitrogen and oxygen atoms in total. The molecule has 0 spiro atoms. The van der Waals surface area contributed by atoms with Crippen LogP contribution >= 0.6 is 11.3 Å². The van der Waals surface area contributed by atoms with Gasteiger partial charge in [0, 0.05) is 19.0 Å². The number of carbonyl (C=O) groups excluding carboxylic acids is 2. The minimum atomic E-state index is -0.355. The topological polar surface area (TPSA) is 75.2 Å². The number of nitrogens with one attached hydrogen (secondary N) is 1. The van der Waals surface area contributed by atoms with Crippen LogP contribution in [0.3, 0.4) is 0 Å². The lowest BCUT2D eigenvalue weighted by Gasteiger charge is -2.20. The molecule has 4 rings (SSSR count). The summed E-state index contributed by atoms with van der Waals surface area (Å²) in [6.45, 7) is 4.37. The van der Waals surface area contributed by atoms with Gasteiger partial charge in [-0.25, -0.2) is 0 Å². The van der Waals surface area contributed by atoms with Crippen molar-refractivity contribution in [1.82, 2.24) is 15.1 Å². The van der Waals surface area contributed by atoms with Gasteiger partial charge in [0.25, 0.3) is 0 Å². The van der Waals surface area contributed by atoms with Gasteiger partial charge < -0.3 is 10.2 Å². The second-order valence-corrected chi connectivity index (χ2v) is 8.74. The first-order chi connectivity index (χ1) is 14.5. The molecule has 1 saturated heterocycles. The number of carbonyl (C=O) groups is 2. The standard InChI is InChI=1S/C23H24N4O2S/c1-15(2)27-14-18(13-19(27)28)21(29)24-23-26-25-22(30-23)20(16-9-5-3-6-10-16)17-11-7-4-8-12-17/h3-12,15,18,20H,13-14H2,1-2H3,(H,24,26,29)/t18-/m0/s1. The average Bonchev–Trinajstić information content (AvgIpc) is 3.36. The van der Waals surface area contributed by atoms with Crippen molar-refractivity contribution in [3.8, 4) is 0 Å². The quantitative estimate of drug-likeness (QED) is 0.656.